The second-order valence-corrected chi connectivity index (χ2v) is 2.57. The molecule has 0 amide bonds. The van der Waals surface area contributed by atoms with E-state index in [1.165, 1.54) is 7.11 Å². The summed E-state index contributed by atoms with van der Waals surface area (Å²) < 4.78 is 15.0. The van der Waals surface area contributed by atoms with Crippen LogP contribution in [0, 0.1) is 0 Å². The summed E-state index contributed by atoms with van der Waals surface area (Å²) in [7, 11) is 3.04. The first-order valence-corrected chi connectivity index (χ1v) is 3.42. The normalized spacial score (nSPS) is 37.5. The average molecular weight is 160 g/mol. The van der Waals surface area contributed by atoms with Gasteiger partial charge < -0.3 is 19.0 Å². The molecule has 64 valence electrons. The summed E-state index contributed by atoms with van der Waals surface area (Å²) in [4.78, 5) is 10.6. The van der Waals surface area contributed by atoms with Crippen molar-refractivity contribution in [2.45, 2.75) is 18.3 Å². The molecule has 0 N–H and O–H groups in total. The molecule has 0 spiro atoms. The molecule has 0 aromatic rings. The highest BCUT2D eigenvalue weighted by molar-refractivity contribution is 5.63. The molecule has 1 rings (SSSR count). The molecular weight excluding hydrogens is 148 g/mol. The Morgan fingerprint density at radius 1 is 1.64 bits per heavy atom. The van der Waals surface area contributed by atoms with Gasteiger partial charge in [0.15, 0.2) is 18.2 Å². The Kier molecular flexibility index (Phi) is 2.59. The molecule has 0 saturated carbocycles. The molecule has 1 saturated heterocycles. The fraction of sp³-hybridized carbons (Fsp3) is 0.857. The molecule has 1 aliphatic rings. The van der Waals surface area contributed by atoms with Crippen LogP contribution in [0.1, 0.15) is 6.42 Å². The molecule has 2 unspecified atom stereocenters. The lowest BCUT2D eigenvalue weighted by atomic mass is 10.1. The molecule has 0 radical (unpaired) electrons. The van der Waals surface area contributed by atoms with Gasteiger partial charge in [0.1, 0.15) is 0 Å². The second-order valence-electron chi connectivity index (χ2n) is 2.57. The second kappa shape index (κ2) is 3.30. The maximum atomic E-state index is 10.6. The molecule has 0 aromatic heterocycles. The lowest BCUT2D eigenvalue weighted by Crippen LogP contribution is -2.33. The Balaban J connectivity index is 2.54. The van der Waals surface area contributed by atoms with E-state index >= 15 is 0 Å². The SMILES string of the molecule is COC1CC(C=O)(OC)CO1. The summed E-state index contributed by atoms with van der Waals surface area (Å²) >= 11 is 0. The van der Waals surface area contributed by atoms with Crippen LogP contribution in [0.5, 0.6) is 0 Å². The predicted octanol–water partition coefficient (Wildman–Crippen LogP) is -0.0367. The molecule has 2 atom stereocenters. The van der Waals surface area contributed by atoms with Crippen LogP contribution < -0.4 is 0 Å². The number of hydrogen-bond acceptors (Lipinski definition) is 4. The van der Waals surface area contributed by atoms with E-state index in [2.05, 4.69) is 0 Å². The van der Waals surface area contributed by atoms with Gasteiger partial charge in [0.2, 0.25) is 0 Å². The van der Waals surface area contributed by atoms with Gasteiger partial charge in [-0.15, -0.1) is 0 Å². The van der Waals surface area contributed by atoms with E-state index in [9.17, 15) is 4.79 Å². The number of carbonyl (C=O) groups excluding carboxylic acids is 1. The van der Waals surface area contributed by atoms with Gasteiger partial charge in [0.25, 0.3) is 0 Å². The van der Waals surface area contributed by atoms with Crippen molar-refractivity contribution in [1.82, 2.24) is 0 Å². The minimum atomic E-state index is -0.777. The zero-order valence-corrected chi connectivity index (χ0v) is 6.70. The molecule has 4 heteroatoms. The molecule has 1 heterocycles. The van der Waals surface area contributed by atoms with Crippen LogP contribution in [-0.4, -0.2) is 39.0 Å². The van der Waals surface area contributed by atoms with Crippen LogP contribution in [0.15, 0.2) is 0 Å². The molecule has 1 aliphatic heterocycles. The van der Waals surface area contributed by atoms with Crippen molar-refractivity contribution in [3.8, 4) is 0 Å². The number of aldehydes is 1. The average Bonchev–Trinajstić information content (AvgIpc) is 2.49. The van der Waals surface area contributed by atoms with Gasteiger partial charge in [0.05, 0.1) is 6.61 Å². The summed E-state index contributed by atoms with van der Waals surface area (Å²) in [6, 6.07) is 0. The number of carbonyl (C=O) groups is 1. The highest BCUT2D eigenvalue weighted by Gasteiger charge is 2.40. The van der Waals surface area contributed by atoms with E-state index in [-0.39, 0.29) is 12.9 Å². The Morgan fingerprint density at radius 3 is 2.64 bits per heavy atom. The van der Waals surface area contributed by atoms with Crippen LogP contribution in [-0.2, 0) is 19.0 Å². The third kappa shape index (κ3) is 1.58. The minimum Gasteiger partial charge on any atom is -0.368 e. The van der Waals surface area contributed by atoms with Crippen molar-refractivity contribution in [3.05, 3.63) is 0 Å². The molecule has 11 heavy (non-hydrogen) atoms. The molecular formula is C7H12O4. The van der Waals surface area contributed by atoms with Crippen molar-refractivity contribution < 1.29 is 19.0 Å². The minimum absolute atomic E-state index is 0.283. The standard InChI is InChI=1S/C7H12O4/c1-9-6-3-7(4-8,10-2)5-11-6/h4,6H,3,5H2,1-2H3. The lowest BCUT2D eigenvalue weighted by Gasteiger charge is -2.16. The van der Waals surface area contributed by atoms with Gasteiger partial charge in [-0.25, -0.2) is 0 Å². The first-order valence-electron chi connectivity index (χ1n) is 3.42. The molecule has 1 fully saturated rings. The first kappa shape index (κ1) is 8.64. The van der Waals surface area contributed by atoms with Gasteiger partial charge in [-0.3, -0.25) is 0 Å². The monoisotopic (exact) mass is 160 g/mol. The van der Waals surface area contributed by atoms with Crippen molar-refractivity contribution in [2.24, 2.45) is 0 Å². The Morgan fingerprint density at radius 2 is 2.36 bits per heavy atom. The number of rotatable bonds is 3. The molecule has 0 aromatic carbocycles. The fourth-order valence-electron chi connectivity index (χ4n) is 1.06. The van der Waals surface area contributed by atoms with Crippen molar-refractivity contribution >= 4 is 6.29 Å². The predicted molar refractivity (Wildman–Crippen MR) is 37.2 cm³/mol. The lowest BCUT2D eigenvalue weighted by molar-refractivity contribution is -0.127. The Hall–Kier alpha value is -0.450. The van der Waals surface area contributed by atoms with E-state index in [4.69, 9.17) is 14.2 Å². The van der Waals surface area contributed by atoms with E-state index in [0.717, 1.165) is 6.29 Å². The number of hydrogen-bond donors (Lipinski definition) is 0. The third-order valence-electron chi connectivity index (χ3n) is 1.91. The summed E-state index contributed by atoms with van der Waals surface area (Å²) in [5.41, 5.74) is -0.777. The van der Waals surface area contributed by atoms with Gasteiger partial charge >= 0.3 is 0 Å². The number of ether oxygens (including phenoxy) is 3. The van der Waals surface area contributed by atoms with Crippen molar-refractivity contribution in [1.29, 1.82) is 0 Å². The van der Waals surface area contributed by atoms with E-state index in [1.54, 1.807) is 7.11 Å². The highest BCUT2D eigenvalue weighted by atomic mass is 16.7. The fourth-order valence-corrected chi connectivity index (χ4v) is 1.06. The van der Waals surface area contributed by atoms with E-state index in [0.29, 0.717) is 6.42 Å². The van der Waals surface area contributed by atoms with E-state index < -0.39 is 5.60 Å². The van der Waals surface area contributed by atoms with Crippen molar-refractivity contribution in [3.63, 3.8) is 0 Å². The molecule has 4 nitrogen and oxygen atoms in total. The summed E-state index contributed by atoms with van der Waals surface area (Å²) in [5, 5.41) is 0. The summed E-state index contributed by atoms with van der Waals surface area (Å²) in [6.07, 6.45) is 0.940. The van der Waals surface area contributed by atoms with Crippen LogP contribution in [0.25, 0.3) is 0 Å². The van der Waals surface area contributed by atoms with Gasteiger partial charge in [-0.2, -0.15) is 0 Å². The van der Waals surface area contributed by atoms with Gasteiger partial charge in [-0.1, -0.05) is 0 Å². The third-order valence-corrected chi connectivity index (χ3v) is 1.91. The Labute approximate surface area is 65.4 Å². The maximum absolute atomic E-state index is 10.6. The quantitative estimate of drug-likeness (QED) is 0.543. The Bertz CT molecular complexity index is 147. The zero-order valence-electron chi connectivity index (χ0n) is 6.70. The molecule has 0 aliphatic carbocycles. The molecule has 0 bridgehead atoms. The van der Waals surface area contributed by atoms with E-state index in [1.807, 2.05) is 0 Å². The maximum Gasteiger partial charge on any atom is 0.160 e. The van der Waals surface area contributed by atoms with Crippen LogP contribution in [0.4, 0.5) is 0 Å². The zero-order chi connectivity index (χ0) is 8.32. The van der Waals surface area contributed by atoms with Crippen LogP contribution in [0.2, 0.25) is 0 Å². The number of methoxy groups -OCH3 is 2. The summed E-state index contributed by atoms with van der Waals surface area (Å²) in [6.45, 7) is 0.283. The van der Waals surface area contributed by atoms with Gasteiger partial charge in [0, 0.05) is 20.6 Å². The first-order chi connectivity index (χ1) is 5.26. The largest absolute Gasteiger partial charge is 0.368 e. The smallest absolute Gasteiger partial charge is 0.160 e. The highest BCUT2D eigenvalue weighted by Crippen LogP contribution is 2.25. The van der Waals surface area contributed by atoms with Gasteiger partial charge in [-0.05, 0) is 0 Å². The topological polar surface area (TPSA) is 44.8 Å². The summed E-state index contributed by atoms with van der Waals surface area (Å²) in [5.74, 6) is 0. The van der Waals surface area contributed by atoms with Crippen molar-refractivity contribution in [2.75, 3.05) is 20.8 Å². The van der Waals surface area contributed by atoms with Crippen LogP contribution >= 0.6 is 0 Å². The van der Waals surface area contributed by atoms with Crippen LogP contribution in [0.3, 0.4) is 0 Å².